The van der Waals surface area contributed by atoms with E-state index in [4.69, 9.17) is 0 Å². The molecule has 3 saturated heterocycles. The maximum absolute atomic E-state index is 2.50. The molecule has 7 heterocycles. The Morgan fingerprint density at radius 3 is 1.27 bits per heavy atom. The molecule has 0 unspecified atom stereocenters. The van der Waals surface area contributed by atoms with Gasteiger partial charge in [0.2, 0.25) is 11.0 Å². The van der Waals surface area contributed by atoms with Gasteiger partial charge in [-0.1, -0.05) is 72.1 Å². The van der Waals surface area contributed by atoms with Gasteiger partial charge in [0.1, 0.15) is 39.3 Å². The summed E-state index contributed by atoms with van der Waals surface area (Å²) in [6.45, 7) is 12.7. The molecule has 0 atom stereocenters. The van der Waals surface area contributed by atoms with Gasteiger partial charge in [0.05, 0.1) is 58.1 Å². The molecule has 314 valence electrons. The molecule has 2 bridgehead atoms. The highest BCUT2D eigenvalue weighted by Gasteiger charge is 2.48. The van der Waals surface area contributed by atoms with Crippen LogP contribution in [0, 0.1) is 0 Å². The Kier molecular flexibility index (Phi) is 16.3. The standard InChI is InChI=1S/C48H52N6S2.4HI/c1-49-43-17-7-9-19-45(43)55-47(49)35-37-21-25-51(41-15-5-3-13-39(37)41)23-11-27-53-29-32-54(33-30-53,34-31-53)28-12-24-52-26-22-38(40-14-4-6-16-42(40)52)36-48-50(2)44-18-8-10-20-46(44)56-48;;;;/h3-10,13-22,25-26,35-36H,11-12,23-24,27-34H2,1-2H3;4*1H/q+4;;;;/p-4. The second kappa shape index (κ2) is 20.4. The zero-order chi connectivity index (χ0) is 37.7. The molecular weight excluding hydrogens is 1230 g/mol. The molecular formula is C48H52I4N6S2. The number of para-hydroxylation sites is 4. The van der Waals surface area contributed by atoms with Gasteiger partial charge in [-0.05, 0) is 59.7 Å². The summed E-state index contributed by atoms with van der Waals surface area (Å²) in [7, 11) is 4.36. The van der Waals surface area contributed by atoms with Crippen LogP contribution in [0.15, 0.2) is 141 Å². The van der Waals surface area contributed by atoms with Crippen LogP contribution in [-0.2, 0) is 13.1 Å². The fourth-order valence-corrected chi connectivity index (χ4v) is 12.0. The van der Waals surface area contributed by atoms with Crippen LogP contribution in [0.1, 0.15) is 24.0 Å². The number of thioether (sulfide) groups is 2. The third-order valence-corrected chi connectivity index (χ3v) is 15.6. The number of fused-ring (bicyclic) bond motifs is 7. The van der Waals surface area contributed by atoms with Crippen LogP contribution in [0.5, 0.6) is 0 Å². The molecule has 3 fully saturated rings. The van der Waals surface area contributed by atoms with Crippen LogP contribution < -0.4 is 115 Å². The van der Waals surface area contributed by atoms with Gasteiger partial charge >= 0.3 is 0 Å². The lowest BCUT2D eigenvalue weighted by Crippen LogP contribution is -3.00. The Labute approximate surface area is 432 Å². The first-order chi connectivity index (χ1) is 27.5. The zero-order valence-corrected chi connectivity index (χ0v) is 44.5. The van der Waals surface area contributed by atoms with Crippen molar-refractivity contribution in [2.45, 2.75) is 35.7 Å². The van der Waals surface area contributed by atoms with Crippen LogP contribution in [0.25, 0.3) is 34.0 Å². The predicted octanol–water partition coefficient (Wildman–Crippen LogP) is -3.19. The molecule has 5 aliphatic heterocycles. The second-order valence-corrected chi connectivity index (χ2v) is 18.5. The molecule has 2 aromatic heterocycles. The van der Waals surface area contributed by atoms with E-state index in [1.165, 1.54) is 138 Å². The molecule has 0 amide bonds. The zero-order valence-electron chi connectivity index (χ0n) is 34.2. The number of hydrogen-bond acceptors (Lipinski definition) is 4. The van der Waals surface area contributed by atoms with E-state index in [1.807, 2.05) is 23.5 Å². The van der Waals surface area contributed by atoms with Crippen molar-refractivity contribution in [3.05, 3.63) is 143 Å². The summed E-state index contributed by atoms with van der Waals surface area (Å²) in [4.78, 5) is 7.30. The normalized spacial score (nSPS) is 21.3. The van der Waals surface area contributed by atoms with Gasteiger partial charge in [0.25, 0.3) is 0 Å². The number of quaternary nitrogens is 2. The first-order valence-electron chi connectivity index (χ1n) is 20.4. The number of anilines is 2. The average Bonchev–Trinajstić information content (AvgIpc) is 3.74. The van der Waals surface area contributed by atoms with Crippen LogP contribution in [0.4, 0.5) is 11.4 Å². The lowest BCUT2D eigenvalue weighted by Gasteiger charge is -2.55. The predicted molar refractivity (Wildman–Crippen MR) is 234 cm³/mol. The highest BCUT2D eigenvalue weighted by molar-refractivity contribution is 8.04. The first-order valence-corrected chi connectivity index (χ1v) is 22.1. The maximum Gasteiger partial charge on any atom is 0.213 e. The van der Waals surface area contributed by atoms with E-state index in [9.17, 15) is 0 Å². The van der Waals surface area contributed by atoms with Crippen LogP contribution >= 0.6 is 23.5 Å². The third kappa shape index (κ3) is 9.41. The lowest BCUT2D eigenvalue weighted by atomic mass is 10.0. The van der Waals surface area contributed by atoms with Gasteiger partial charge in [-0.2, -0.15) is 9.13 Å². The molecule has 12 heteroatoms. The Balaban J connectivity index is 0.00000151. The fraction of sp³-hybridized carbons (Fsp3) is 0.292. The molecule has 11 rings (SSSR count). The van der Waals surface area contributed by atoms with Gasteiger partial charge in [0, 0.05) is 48.2 Å². The van der Waals surface area contributed by atoms with Gasteiger partial charge in [-0.3, -0.25) is 0 Å². The molecule has 60 heavy (non-hydrogen) atoms. The molecule has 0 aliphatic carbocycles. The van der Waals surface area contributed by atoms with Crippen molar-refractivity contribution >= 4 is 68.9 Å². The molecule has 5 aliphatic rings. The molecule has 0 spiro atoms. The number of hydrogen-bond donors (Lipinski definition) is 0. The molecule has 0 saturated carbocycles. The van der Waals surface area contributed by atoms with Gasteiger partial charge < -0.3 is 115 Å². The number of rotatable bonds is 10. The minimum atomic E-state index is 0. The molecule has 0 radical (unpaired) electrons. The van der Waals surface area contributed by atoms with Gasteiger partial charge in [-0.25, -0.2) is 0 Å². The summed E-state index contributed by atoms with van der Waals surface area (Å²) < 4.78 is 7.64. The first kappa shape index (κ1) is 47.8. The van der Waals surface area contributed by atoms with E-state index in [2.05, 4.69) is 167 Å². The molecule has 0 N–H and O–H groups in total. The highest BCUT2D eigenvalue weighted by atomic mass is 127. The second-order valence-electron chi connectivity index (χ2n) is 16.4. The average molecular weight is 1280 g/mol. The van der Waals surface area contributed by atoms with Crippen LogP contribution in [-0.4, -0.2) is 75.4 Å². The Hall–Kier alpha value is -1.68. The SMILES string of the molecule is CN1C(=Cc2cc[n+](CCC[N+]34CC[N+](CCC[n+]5ccc(C=C6Sc7ccccc7N6C)c6ccccc65)(CC3)CC4)c3ccccc23)Sc2ccccc21.[I-].[I-].[I-].[I-]. The summed E-state index contributed by atoms with van der Waals surface area (Å²) in [6.07, 6.45) is 11.8. The number of aryl methyl sites for hydroxylation is 2. The minimum absolute atomic E-state index is 0. The van der Waals surface area contributed by atoms with Gasteiger partial charge in [0.15, 0.2) is 25.5 Å². The summed E-state index contributed by atoms with van der Waals surface area (Å²) in [5, 5.41) is 5.23. The summed E-state index contributed by atoms with van der Waals surface area (Å²) in [6, 6.07) is 40.0. The van der Waals surface area contributed by atoms with Gasteiger partial charge in [-0.15, -0.1) is 0 Å². The third-order valence-electron chi connectivity index (χ3n) is 13.2. The Bertz CT molecular complexity index is 2350. The lowest BCUT2D eigenvalue weighted by molar-refractivity contribution is -1.08. The van der Waals surface area contributed by atoms with E-state index < -0.39 is 0 Å². The fourth-order valence-electron chi connectivity index (χ4n) is 9.79. The van der Waals surface area contributed by atoms with Crippen molar-refractivity contribution < 1.29 is 114 Å². The quantitative estimate of drug-likeness (QED) is 0.0817. The van der Waals surface area contributed by atoms with Crippen LogP contribution in [0.3, 0.4) is 0 Å². The smallest absolute Gasteiger partial charge is 0.213 e. The maximum atomic E-state index is 2.50. The van der Waals surface area contributed by atoms with E-state index >= 15 is 0 Å². The summed E-state index contributed by atoms with van der Waals surface area (Å²) in [5.41, 5.74) is 7.84. The summed E-state index contributed by atoms with van der Waals surface area (Å²) >= 11 is 3.73. The van der Waals surface area contributed by atoms with Crippen molar-refractivity contribution in [2.24, 2.45) is 0 Å². The Morgan fingerprint density at radius 1 is 0.500 bits per heavy atom. The highest BCUT2D eigenvalue weighted by Crippen LogP contribution is 2.47. The number of nitrogens with zero attached hydrogens (tertiary/aromatic N) is 6. The van der Waals surface area contributed by atoms with E-state index in [1.54, 1.807) is 0 Å². The number of aromatic nitrogens is 2. The van der Waals surface area contributed by atoms with Crippen molar-refractivity contribution in [2.75, 3.05) is 76.3 Å². The summed E-state index contributed by atoms with van der Waals surface area (Å²) in [5.74, 6) is 0. The van der Waals surface area contributed by atoms with E-state index in [-0.39, 0.29) is 95.9 Å². The molecule has 6 nitrogen and oxygen atoms in total. The number of pyridine rings is 2. The molecule has 4 aromatic carbocycles. The van der Waals surface area contributed by atoms with Crippen molar-refractivity contribution in [3.63, 3.8) is 0 Å². The minimum Gasteiger partial charge on any atom is -1.00 e. The van der Waals surface area contributed by atoms with Crippen molar-refractivity contribution in [1.29, 1.82) is 0 Å². The number of piperazine rings is 3. The largest absolute Gasteiger partial charge is 1.00 e. The number of halogens is 4. The van der Waals surface area contributed by atoms with Crippen molar-refractivity contribution in [3.8, 4) is 0 Å². The molecule has 6 aromatic rings. The van der Waals surface area contributed by atoms with Crippen LogP contribution in [0.2, 0.25) is 0 Å². The number of benzene rings is 4. The van der Waals surface area contributed by atoms with E-state index in [0.717, 1.165) is 13.1 Å². The Morgan fingerprint density at radius 2 is 0.867 bits per heavy atom. The monoisotopic (exact) mass is 1280 g/mol. The topological polar surface area (TPSA) is 14.2 Å². The van der Waals surface area contributed by atoms with E-state index in [0.29, 0.717) is 0 Å². The van der Waals surface area contributed by atoms with Crippen molar-refractivity contribution in [1.82, 2.24) is 0 Å².